The maximum Gasteiger partial charge on any atom is 0.252 e. The third-order valence-corrected chi connectivity index (χ3v) is 7.98. The van der Waals surface area contributed by atoms with E-state index in [-0.39, 0.29) is 29.2 Å². The predicted octanol–water partition coefficient (Wildman–Crippen LogP) is 4.20. The van der Waals surface area contributed by atoms with Crippen LogP contribution >= 0.6 is 35.0 Å². The van der Waals surface area contributed by atoms with Crippen molar-refractivity contribution in [2.45, 2.75) is 23.1 Å². The smallest absolute Gasteiger partial charge is 0.252 e. The monoisotopic (exact) mass is 429 g/mol. The summed E-state index contributed by atoms with van der Waals surface area (Å²) in [5, 5.41) is 3.88. The van der Waals surface area contributed by atoms with Crippen LogP contribution in [-0.4, -0.2) is 31.1 Å². The van der Waals surface area contributed by atoms with Gasteiger partial charge in [-0.05, 0) is 36.2 Å². The van der Waals surface area contributed by atoms with Crippen molar-refractivity contribution in [3.05, 3.63) is 63.6 Å². The number of carbonyl (C=O) groups excluding carboxylic acids is 1. The van der Waals surface area contributed by atoms with E-state index in [1.54, 1.807) is 30.3 Å². The Labute approximate surface area is 167 Å². The Morgan fingerprint density at radius 1 is 1.19 bits per heavy atom. The van der Waals surface area contributed by atoms with E-state index in [4.69, 9.17) is 23.2 Å². The lowest BCUT2D eigenvalue weighted by Crippen LogP contribution is -2.23. The minimum atomic E-state index is -2.95. The van der Waals surface area contributed by atoms with Crippen molar-refractivity contribution in [2.75, 3.05) is 11.5 Å². The molecule has 1 aliphatic rings. The van der Waals surface area contributed by atoms with E-state index in [0.29, 0.717) is 22.0 Å². The van der Waals surface area contributed by atoms with Crippen LogP contribution in [0.3, 0.4) is 0 Å². The number of sulfone groups is 1. The first-order valence-corrected chi connectivity index (χ1v) is 11.5. The predicted molar refractivity (Wildman–Crippen MR) is 107 cm³/mol. The Balaban J connectivity index is 1.69. The second-order valence-electron chi connectivity index (χ2n) is 6.06. The van der Waals surface area contributed by atoms with Gasteiger partial charge < -0.3 is 5.32 Å². The average Bonchev–Trinajstić information content (AvgIpc) is 2.93. The molecule has 3 rings (SSSR count). The summed E-state index contributed by atoms with van der Waals surface area (Å²) >= 11 is 13.5. The number of thioether (sulfide) groups is 1. The van der Waals surface area contributed by atoms with E-state index in [0.717, 1.165) is 10.5 Å². The maximum absolute atomic E-state index is 12.6. The van der Waals surface area contributed by atoms with Gasteiger partial charge in [0.15, 0.2) is 9.84 Å². The summed E-state index contributed by atoms with van der Waals surface area (Å²) in [5.74, 6) is 0.155. The molecule has 0 radical (unpaired) electrons. The van der Waals surface area contributed by atoms with Crippen LogP contribution in [-0.2, 0) is 16.4 Å². The third kappa shape index (κ3) is 4.94. The molecular formula is C18H17Cl2NO3S2. The highest BCUT2D eigenvalue weighted by Crippen LogP contribution is 2.33. The highest BCUT2D eigenvalue weighted by Gasteiger charge is 2.29. The summed E-state index contributed by atoms with van der Waals surface area (Å²) in [6.45, 7) is 0.283. The molecule has 1 N–H and O–H groups in total. The number of amides is 1. The zero-order chi connectivity index (χ0) is 18.7. The van der Waals surface area contributed by atoms with Gasteiger partial charge in [0.1, 0.15) is 0 Å². The van der Waals surface area contributed by atoms with Crippen LogP contribution in [0, 0.1) is 0 Å². The molecular weight excluding hydrogens is 413 g/mol. The normalized spacial score (nSPS) is 18.6. The molecule has 2 aromatic carbocycles. The van der Waals surface area contributed by atoms with E-state index in [1.165, 1.54) is 11.8 Å². The Morgan fingerprint density at radius 2 is 1.96 bits per heavy atom. The molecule has 1 heterocycles. The van der Waals surface area contributed by atoms with Crippen LogP contribution in [0.2, 0.25) is 10.0 Å². The van der Waals surface area contributed by atoms with Crippen molar-refractivity contribution in [2.24, 2.45) is 0 Å². The van der Waals surface area contributed by atoms with Crippen LogP contribution in [0.4, 0.5) is 0 Å². The standard InChI is InChI=1S/C18H17Cl2NO3S2/c19-13-6-5-12(16(20)9-13)10-21-18(22)15-3-1-2-4-17(15)25-14-7-8-26(23,24)11-14/h1-6,9,14H,7-8,10-11H2,(H,21,22). The number of nitrogens with one attached hydrogen (secondary N) is 1. The lowest BCUT2D eigenvalue weighted by Gasteiger charge is -2.13. The van der Waals surface area contributed by atoms with Gasteiger partial charge in [0.25, 0.3) is 5.91 Å². The van der Waals surface area contributed by atoms with Crippen molar-refractivity contribution in [3.63, 3.8) is 0 Å². The molecule has 8 heteroatoms. The quantitative estimate of drug-likeness (QED) is 0.772. The van der Waals surface area contributed by atoms with Crippen LogP contribution in [0.25, 0.3) is 0 Å². The minimum absolute atomic E-state index is 0.0142. The van der Waals surface area contributed by atoms with Gasteiger partial charge in [-0.2, -0.15) is 0 Å². The van der Waals surface area contributed by atoms with Crippen molar-refractivity contribution >= 4 is 50.7 Å². The minimum Gasteiger partial charge on any atom is -0.348 e. The number of rotatable bonds is 5. The first-order chi connectivity index (χ1) is 12.3. The van der Waals surface area contributed by atoms with E-state index in [9.17, 15) is 13.2 Å². The zero-order valence-electron chi connectivity index (χ0n) is 13.7. The zero-order valence-corrected chi connectivity index (χ0v) is 16.9. The lowest BCUT2D eigenvalue weighted by atomic mass is 10.2. The number of hydrogen-bond acceptors (Lipinski definition) is 4. The average molecular weight is 430 g/mol. The highest BCUT2D eigenvalue weighted by atomic mass is 35.5. The summed E-state index contributed by atoms with van der Waals surface area (Å²) in [5.41, 5.74) is 1.31. The Kier molecular flexibility index (Phi) is 6.17. The van der Waals surface area contributed by atoms with Gasteiger partial charge in [-0.15, -0.1) is 11.8 Å². The maximum atomic E-state index is 12.6. The second-order valence-corrected chi connectivity index (χ2v) is 10.5. The molecule has 0 bridgehead atoms. The van der Waals surface area contributed by atoms with Gasteiger partial charge in [0.2, 0.25) is 0 Å². The third-order valence-electron chi connectivity index (χ3n) is 4.07. The molecule has 26 heavy (non-hydrogen) atoms. The SMILES string of the molecule is O=C(NCc1ccc(Cl)cc1Cl)c1ccccc1SC1CCS(=O)(=O)C1. The van der Waals surface area contributed by atoms with Crippen molar-refractivity contribution in [1.29, 1.82) is 0 Å². The van der Waals surface area contributed by atoms with Crippen LogP contribution in [0.5, 0.6) is 0 Å². The first kappa shape index (κ1) is 19.5. The lowest BCUT2D eigenvalue weighted by molar-refractivity contribution is 0.0948. The molecule has 1 fully saturated rings. The van der Waals surface area contributed by atoms with E-state index in [2.05, 4.69) is 5.32 Å². The molecule has 1 aliphatic heterocycles. The van der Waals surface area contributed by atoms with Gasteiger partial charge >= 0.3 is 0 Å². The molecule has 1 amide bonds. The van der Waals surface area contributed by atoms with Crippen LogP contribution in [0.15, 0.2) is 47.4 Å². The molecule has 1 atom stereocenters. The van der Waals surface area contributed by atoms with Gasteiger partial charge in [0.05, 0.1) is 17.1 Å². The van der Waals surface area contributed by atoms with Gasteiger partial charge in [-0.3, -0.25) is 4.79 Å². The van der Waals surface area contributed by atoms with E-state index in [1.807, 2.05) is 12.1 Å². The number of hydrogen-bond donors (Lipinski definition) is 1. The molecule has 0 saturated carbocycles. The topological polar surface area (TPSA) is 63.2 Å². The molecule has 1 saturated heterocycles. The Hall–Kier alpha value is -1.21. The molecule has 0 aliphatic carbocycles. The van der Waals surface area contributed by atoms with Gasteiger partial charge in [-0.1, -0.05) is 41.4 Å². The molecule has 0 aromatic heterocycles. The Bertz CT molecular complexity index is 932. The fourth-order valence-corrected chi connectivity index (χ4v) is 6.83. The largest absolute Gasteiger partial charge is 0.348 e. The number of benzene rings is 2. The highest BCUT2D eigenvalue weighted by molar-refractivity contribution is 8.02. The summed E-state index contributed by atoms with van der Waals surface area (Å²) < 4.78 is 23.3. The summed E-state index contributed by atoms with van der Waals surface area (Å²) in [7, 11) is -2.95. The molecule has 1 unspecified atom stereocenters. The second kappa shape index (κ2) is 8.21. The molecule has 2 aromatic rings. The number of carbonyl (C=O) groups is 1. The van der Waals surface area contributed by atoms with Gasteiger partial charge in [0, 0.05) is 26.7 Å². The summed E-state index contributed by atoms with van der Waals surface area (Å²) in [6.07, 6.45) is 0.614. The van der Waals surface area contributed by atoms with Crippen LogP contribution < -0.4 is 5.32 Å². The van der Waals surface area contributed by atoms with E-state index >= 15 is 0 Å². The van der Waals surface area contributed by atoms with E-state index < -0.39 is 9.84 Å². The first-order valence-electron chi connectivity index (χ1n) is 8.02. The fourth-order valence-electron chi connectivity index (χ4n) is 2.73. The molecule has 4 nitrogen and oxygen atoms in total. The van der Waals surface area contributed by atoms with Crippen molar-refractivity contribution in [3.8, 4) is 0 Å². The molecule has 0 spiro atoms. The van der Waals surface area contributed by atoms with Crippen molar-refractivity contribution < 1.29 is 13.2 Å². The van der Waals surface area contributed by atoms with Gasteiger partial charge in [-0.25, -0.2) is 8.42 Å². The molecule has 138 valence electrons. The number of halogens is 2. The summed E-state index contributed by atoms with van der Waals surface area (Å²) in [6, 6.07) is 12.4. The Morgan fingerprint density at radius 3 is 2.65 bits per heavy atom. The van der Waals surface area contributed by atoms with Crippen LogP contribution in [0.1, 0.15) is 22.3 Å². The summed E-state index contributed by atoms with van der Waals surface area (Å²) in [4.78, 5) is 13.4. The van der Waals surface area contributed by atoms with Crippen molar-refractivity contribution in [1.82, 2.24) is 5.32 Å². The fraction of sp³-hybridized carbons (Fsp3) is 0.278.